The maximum absolute atomic E-state index is 5.53. The van der Waals surface area contributed by atoms with Gasteiger partial charge < -0.3 is 0 Å². The first-order chi connectivity index (χ1) is 6.54. The fourth-order valence-corrected chi connectivity index (χ4v) is 2.47. The second kappa shape index (κ2) is 4.73. The number of nitrogens with two attached hydrogens (primary N) is 1. The molecular formula is C11H18N2S. The lowest BCUT2D eigenvalue weighted by Gasteiger charge is -2.13. The molecule has 0 saturated carbocycles. The fourth-order valence-electron chi connectivity index (χ4n) is 1.36. The van der Waals surface area contributed by atoms with Gasteiger partial charge in [-0.2, -0.15) is 0 Å². The van der Waals surface area contributed by atoms with Crippen molar-refractivity contribution in [3.05, 3.63) is 33.5 Å². The Labute approximate surface area is 89.8 Å². The number of thiophene rings is 1. The molecule has 1 heterocycles. The van der Waals surface area contributed by atoms with Crippen molar-refractivity contribution >= 4 is 11.3 Å². The number of nitrogens with one attached hydrogen (secondary N) is 1. The monoisotopic (exact) mass is 210 g/mol. The molecule has 0 saturated heterocycles. The summed E-state index contributed by atoms with van der Waals surface area (Å²) in [7, 11) is 0. The summed E-state index contributed by atoms with van der Waals surface area (Å²) in [6.07, 6.45) is 0.899. The van der Waals surface area contributed by atoms with Crippen LogP contribution in [-0.4, -0.2) is 0 Å². The largest absolute Gasteiger partial charge is 0.271 e. The number of rotatable bonds is 4. The van der Waals surface area contributed by atoms with E-state index in [1.54, 1.807) is 11.3 Å². The number of hydrogen-bond acceptors (Lipinski definition) is 3. The molecule has 0 radical (unpaired) electrons. The standard InChI is InChI=1S/C11H18N2S/c1-7(2)5-10(13-12)11-6-8(3)9(4)14-11/h6,10,13H,1,5,12H2,2-4H3. The summed E-state index contributed by atoms with van der Waals surface area (Å²) in [5.74, 6) is 5.53. The lowest BCUT2D eigenvalue weighted by Crippen LogP contribution is -2.27. The molecule has 1 rings (SSSR count). The van der Waals surface area contributed by atoms with Crippen molar-refractivity contribution in [1.29, 1.82) is 0 Å². The first kappa shape index (κ1) is 11.4. The number of aryl methyl sites for hydroxylation is 2. The van der Waals surface area contributed by atoms with Crippen LogP contribution in [0.25, 0.3) is 0 Å². The van der Waals surface area contributed by atoms with Crippen LogP contribution in [0.3, 0.4) is 0 Å². The molecule has 2 nitrogen and oxygen atoms in total. The van der Waals surface area contributed by atoms with Gasteiger partial charge in [-0.25, -0.2) is 0 Å². The normalized spacial score (nSPS) is 12.9. The number of hydrazine groups is 1. The van der Waals surface area contributed by atoms with E-state index >= 15 is 0 Å². The Morgan fingerprint density at radius 2 is 2.29 bits per heavy atom. The molecular weight excluding hydrogens is 192 g/mol. The van der Waals surface area contributed by atoms with E-state index in [4.69, 9.17) is 5.84 Å². The van der Waals surface area contributed by atoms with E-state index in [1.165, 1.54) is 15.3 Å². The highest BCUT2D eigenvalue weighted by molar-refractivity contribution is 7.12. The van der Waals surface area contributed by atoms with Crippen LogP contribution >= 0.6 is 11.3 Å². The Kier molecular flexibility index (Phi) is 3.86. The van der Waals surface area contributed by atoms with Crippen molar-refractivity contribution in [1.82, 2.24) is 5.43 Å². The van der Waals surface area contributed by atoms with E-state index in [-0.39, 0.29) is 6.04 Å². The average molecular weight is 210 g/mol. The Balaban J connectivity index is 2.83. The predicted molar refractivity (Wildman–Crippen MR) is 63.3 cm³/mol. The lowest BCUT2D eigenvalue weighted by atomic mass is 10.1. The lowest BCUT2D eigenvalue weighted by molar-refractivity contribution is 0.559. The highest BCUT2D eigenvalue weighted by Gasteiger charge is 2.12. The third kappa shape index (κ3) is 2.67. The topological polar surface area (TPSA) is 38.0 Å². The van der Waals surface area contributed by atoms with Crippen molar-refractivity contribution in [3.63, 3.8) is 0 Å². The quantitative estimate of drug-likeness (QED) is 0.455. The molecule has 1 aromatic heterocycles. The van der Waals surface area contributed by atoms with Crippen LogP contribution in [0.15, 0.2) is 18.2 Å². The number of hydrogen-bond donors (Lipinski definition) is 2. The van der Waals surface area contributed by atoms with Gasteiger partial charge in [0.15, 0.2) is 0 Å². The summed E-state index contributed by atoms with van der Waals surface area (Å²) in [5.41, 5.74) is 5.33. The highest BCUT2D eigenvalue weighted by Crippen LogP contribution is 2.29. The van der Waals surface area contributed by atoms with E-state index in [1.807, 2.05) is 6.92 Å². The first-order valence-corrected chi connectivity index (χ1v) is 5.53. The highest BCUT2D eigenvalue weighted by atomic mass is 32.1. The van der Waals surface area contributed by atoms with E-state index < -0.39 is 0 Å². The van der Waals surface area contributed by atoms with E-state index in [2.05, 4.69) is 31.9 Å². The fraction of sp³-hybridized carbons (Fsp3) is 0.455. The van der Waals surface area contributed by atoms with Crippen LogP contribution in [0.5, 0.6) is 0 Å². The Bertz CT molecular complexity index is 309. The summed E-state index contributed by atoms with van der Waals surface area (Å²) in [6, 6.07) is 2.41. The maximum Gasteiger partial charge on any atom is 0.0590 e. The molecule has 0 amide bonds. The first-order valence-electron chi connectivity index (χ1n) is 4.72. The Morgan fingerprint density at radius 3 is 2.64 bits per heavy atom. The molecule has 0 spiro atoms. The molecule has 0 bridgehead atoms. The molecule has 14 heavy (non-hydrogen) atoms. The van der Waals surface area contributed by atoms with Crippen LogP contribution < -0.4 is 11.3 Å². The zero-order valence-corrected chi connectivity index (χ0v) is 9.87. The van der Waals surface area contributed by atoms with Gasteiger partial charge in [-0.3, -0.25) is 11.3 Å². The summed E-state index contributed by atoms with van der Waals surface area (Å²) < 4.78 is 0. The smallest absolute Gasteiger partial charge is 0.0590 e. The van der Waals surface area contributed by atoms with Crippen molar-refractivity contribution in [3.8, 4) is 0 Å². The van der Waals surface area contributed by atoms with Gasteiger partial charge >= 0.3 is 0 Å². The van der Waals surface area contributed by atoms with Crippen molar-refractivity contribution in [2.24, 2.45) is 5.84 Å². The van der Waals surface area contributed by atoms with Crippen LogP contribution in [-0.2, 0) is 0 Å². The minimum absolute atomic E-state index is 0.213. The molecule has 78 valence electrons. The molecule has 3 heteroatoms. The van der Waals surface area contributed by atoms with Crippen LogP contribution in [0.1, 0.15) is 34.7 Å². The molecule has 0 aliphatic carbocycles. The van der Waals surface area contributed by atoms with E-state index in [9.17, 15) is 0 Å². The summed E-state index contributed by atoms with van der Waals surface area (Å²) in [6.45, 7) is 10.2. The van der Waals surface area contributed by atoms with Gasteiger partial charge in [0.05, 0.1) is 6.04 Å². The van der Waals surface area contributed by atoms with Gasteiger partial charge in [-0.1, -0.05) is 5.57 Å². The van der Waals surface area contributed by atoms with Crippen LogP contribution in [0.2, 0.25) is 0 Å². The van der Waals surface area contributed by atoms with Gasteiger partial charge in [0, 0.05) is 9.75 Å². The van der Waals surface area contributed by atoms with Gasteiger partial charge in [-0.05, 0) is 38.8 Å². The predicted octanol–water partition coefficient (Wildman–Crippen LogP) is 2.84. The summed E-state index contributed by atoms with van der Waals surface area (Å²) >= 11 is 1.81. The van der Waals surface area contributed by atoms with Crippen molar-refractivity contribution in [2.75, 3.05) is 0 Å². The molecule has 0 aromatic carbocycles. The van der Waals surface area contributed by atoms with Gasteiger partial charge in [0.1, 0.15) is 0 Å². The van der Waals surface area contributed by atoms with Gasteiger partial charge in [-0.15, -0.1) is 17.9 Å². The molecule has 0 aliphatic rings. The van der Waals surface area contributed by atoms with Crippen molar-refractivity contribution < 1.29 is 0 Å². The third-order valence-corrected chi connectivity index (χ3v) is 3.55. The molecule has 1 unspecified atom stereocenters. The van der Waals surface area contributed by atoms with E-state index in [0.29, 0.717) is 0 Å². The molecule has 0 fully saturated rings. The van der Waals surface area contributed by atoms with Gasteiger partial charge in [0.2, 0.25) is 0 Å². The van der Waals surface area contributed by atoms with Crippen LogP contribution in [0, 0.1) is 13.8 Å². The summed E-state index contributed by atoms with van der Waals surface area (Å²) in [4.78, 5) is 2.66. The minimum Gasteiger partial charge on any atom is -0.271 e. The minimum atomic E-state index is 0.213. The SMILES string of the molecule is C=C(C)CC(NN)c1cc(C)c(C)s1. The molecule has 0 aliphatic heterocycles. The Hall–Kier alpha value is -0.640. The van der Waals surface area contributed by atoms with E-state index in [0.717, 1.165) is 12.0 Å². The average Bonchev–Trinajstić information content (AvgIpc) is 2.42. The van der Waals surface area contributed by atoms with Gasteiger partial charge in [0.25, 0.3) is 0 Å². The van der Waals surface area contributed by atoms with Crippen molar-refractivity contribution in [2.45, 2.75) is 33.2 Å². The van der Waals surface area contributed by atoms with Crippen LogP contribution in [0.4, 0.5) is 0 Å². The zero-order chi connectivity index (χ0) is 10.7. The Morgan fingerprint density at radius 1 is 1.64 bits per heavy atom. The molecule has 1 atom stereocenters. The second-order valence-corrected chi connectivity index (χ2v) is 5.06. The second-order valence-electron chi connectivity index (χ2n) is 3.77. The third-order valence-electron chi connectivity index (χ3n) is 2.28. The zero-order valence-electron chi connectivity index (χ0n) is 9.05. The molecule has 1 aromatic rings. The summed E-state index contributed by atoms with van der Waals surface area (Å²) in [5, 5.41) is 0. The maximum atomic E-state index is 5.53. The molecule has 3 N–H and O–H groups in total.